The number of aromatic nitrogens is 2. The fourth-order valence-corrected chi connectivity index (χ4v) is 4.11. The Hall–Kier alpha value is -2.20. The van der Waals surface area contributed by atoms with Crippen molar-refractivity contribution in [1.82, 2.24) is 9.55 Å². The molecule has 0 atom stereocenters. The first-order chi connectivity index (χ1) is 12.2. The zero-order chi connectivity index (χ0) is 17.4. The topological polar surface area (TPSA) is 27.1 Å². The Morgan fingerprint density at radius 1 is 1.08 bits per heavy atom. The SMILES string of the molecule is COc1ccc(-c2c(C)nc3n2-c2ccc(SC)cc2CCC3)cc1. The second kappa shape index (κ2) is 6.60. The Bertz CT molecular complexity index is 912. The van der Waals surface area contributed by atoms with Crippen molar-refractivity contribution in [3.05, 3.63) is 59.5 Å². The average molecular weight is 350 g/mol. The number of thioether (sulfide) groups is 1. The molecule has 0 fully saturated rings. The molecule has 3 nitrogen and oxygen atoms in total. The maximum atomic E-state index is 5.31. The van der Waals surface area contributed by atoms with Crippen molar-refractivity contribution >= 4 is 11.8 Å². The molecule has 2 heterocycles. The summed E-state index contributed by atoms with van der Waals surface area (Å²) in [5.74, 6) is 2.04. The van der Waals surface area contributed by atoms with Crippen LogP contribution in [0.3, 0.4) is 0 Å². The summed E-state index contributed by atoms with van der Waals surface area (Å²) in [6, 6.07) is 15.1. The lowest BCUT2D eigenvalue weighted by Gasteiger charge is -2.15. The molecule has 2 aromatic carbocycles. The zero-order valence-electron chi connectivity index (χ0n) is 14.9. The van der Waals surface area contributed by atoms with Crippen molar-refractivity contribution in [1.29, 1.82) is 0 Å². The van der Waals surface area contributed by atoms with Gasteiger partial charge in [-0.05, 0) is 74.0 Å². The van der Waals surface area contributed by atoms with Gasteiger partial charge in [0.2, 0.25) is 0 Å². The number of benzene rings is 2. The lowest BCUT2D eigenvalue weighted by atomic mass is 10.1. The number of methoxy groups -OCH3 is 1. The minimum atomic E-state index is 0.877. The zero-order valence-corrected chi connectivity index (χ0v) is 15.7. The summed E-state index contributed by atoms with van der Waals surface area (Å²) in [5, 5.41) is 0. The standard InChI is InChI=1S/C21H22N2OS/c1-14-21(15-7-9-17(24-2)10-8-15)23-19-12-11-18(25-3)13-16(19)5-4-6-20(23)22-14/h7-13H,4-6H2,1-3H3. The second-order valence-corrected chi connectivity index (χ2v) is 7.25. The van der Waals surface area contributed by atoms with Crippen molar-refractivity contribution in [2.24, 2.45) is 0 Å². The molecular formula is C21H22N2OS. The van der Waals surface area contributed by atoms with Crippen LogP contribution in [-0.2, 0) is 12.8 Å². The molecule has 4 rings (SSSR count). The van der Waals surface area contributed by atoms with E-state index >= 15 is 0 Å². The van der Waals surface area contributed by atoms with Crippen LogP contribution < -0.4 is 4.74 Å². The van der Waals surface area contributed by atoms with Crippen LogP contribution >= 0.6 is 11.8 Å². The van der Waals surface area contributed by atoms with Gasteiger partial charge in [0, 0.05) is 16.9 Å². The molecule has 0 saturated carbocycles. The monoisotopic (exact) mass is 350 g/mol. The Morgan fingerprint density at radius 2 is 1.88 bits per heavy atom. The highest BCUT2D eigenvalue weighted by atomic mass is 32.2. The molecule has 0 radical (unpaired) electrons. The third kappa shape index (κ3) is 2.85. The van der Waals surface area contributed by atoms with Crippen molar-refractivity contribution in [3.63, 3.8) is 0 Å². The second-order valence-electron chi connectivity index (χ2n) is 6.37. The van der Waals surface area contributed by atoms with Crippen LogP contribution in [0.5, 0.6) is 5.75 Å². The number of aryl methyl sites for hydroxylation is 3. The van der Waals surface area contributed by atoms with Crippen LogP contribution in [0.15, 0.2) is 47.4 Å². The molecule has 0 N–H and O–H groups in total. The molecule has 1 aromatic heterocycles. The first-order valence-electron chi connectivity index (χ1n) is 8.61. The number of nitrogens with zero attached hydrogens (tertiary/aromatic N) is 2. The van der Waals surface area contributed by atoms with Gasteiger partial charge in [-0.25, -0.2) is 4.98 Å². The van der Waals surface area contributed by atoms with Gasteiger partial charge in [0.05, 0.1) is 24.2 Å². The minimum absolute atomic E-state index is 0.877. The van der Waals surface area contributed by atoms with E-state index < -0.39 is 0 Å². The summed E-state index contributed by atoms with van der Waals surface area (Å²) in [6.07, 6.45) is 5.39. The highest BCUT2D eigenvalue weighted by Crippen LogP contribution is 2.35. The molecule has 0 saturated heterocycles. The molecule has 3 aromatic rings. The van der Waals surface area contributed by atoms with E-state index in [0.717, 1.165) is 30.7 Å². The van der Waals surface area contributed by atoms with Crippen molar-refractivity contribution < 1.29 is 4.74 Å². The molecule has 128 valence electrons. The molecule has 0 amide bonds. The molecule has 0 aliphatic carbocycles. The molecule has 0 unspecified atom stereocenters. The maximum absolute atomic E-state index is 5.31. The molecule has 0 spiro atoms. The van der Waals surface area contributed by atoms with Crippen LogP contribution in [0.4, 0.5) is 0 Å². The number of hydrogen-bond donors (Lipinski definition) is 0. The van der Waals surface area contributed by atoms with Gasteiger partial charge in [0.15, 0.2) is 0 Å². The summed E-state index contributed by atoms with van der Waals surface area (Å²) in [6.45, 7) is 2.11. The van der Waals surface area contributed by atoms with Gasteiger partial charge < -0.3 is 4.74 Å². The van der Waals surface area contributed by atoms with Crippen LogP contribution in [0.2, 0.25) is 0 Å². The highest BCUT2D eigenvalue weighted by molar-refractivity contribution is 7.98. The van der Waals surface area contributed by atoms with Crippen molar-refractivity contribution in [3.8, 4) is 22.7 Å². The Morgan fingerprint density at radius 3 is 2.60 bits per heavy atom. The number of ether oxygens (including phenoxy) is 1. The predicted octanol–water partition coefficient (Wildman–Crippen LogP) is 5.07. The van der Waals surface area contributed by atoms with E-state index in [0.29, 0.717) is 0 Å². The van der Waals surface area contributed by atoms with Crippen LogP contribution in [-0.4, -0.2) is 22.9 Å². The number of hydrogen-bond acceptors (Lipinski definition) is 3. The normalized spacial score (nSPS) is 13.1. The first kappa shape index (κ1) is 16.3. The lowest BCUT2D eigenvalue weighted by Crippen LogP contribution is -2.03. The van der Waals surface area contributed by atoms with E-state index in [4.69, 9.17) is 9.72 Å². The summed E-state index contributed by atoms with van der Waals surface area (Å²) in [4.78, 5) is 6.22. The Labute approximate surface area is 153 Å². The molecular weight excluding hydrogens is 328 g/mol. The lowest BCUT2D eigenvalue weighted by molar-refractivity contribution is 0.415. The van der Waals surface area contributed by atoms with Gasteiger partial charge in [-0.15, -0.1) is 11.8 Å². The minimum Gasteiger partial charge on any atom is -0.497 e. The Balaban J connectivity index is 1.92. The van der Waals surface area contributed by atoms with E-state index in [2.05, 4.69) is 48.1 Å². The number of imidazole rings is 1. The molecule has 1 aliphatic heterocycles. The fraction of sp³-hybridized carbons (Fsp3) is 0.286. The maximum Gasteiger partial charge on any atom is 0.118 e. The van der Waals surface area contributed by atoms with E-state index in [-0.39, 0.29) is 0 Å². The van der Waals surface area contributed by atoms with Crippen molar-refractivity contribution in [2.45, 2.75) is 31.1 Å². The fourth-order valence-electron chi connectivity index (χ4n) is 3.65. The van der Waals surface area contributed by atoms with E-state index in [1.54, 1.807) is 18.9 Å². The average Bonchev–Trinajstić information content (AvgIpc) is 2.87. The summed E-state index contributed by atoms with van der Waals surface area (Å²) in [7, 11) is 1.70. The van der Waals surface area contributed by atoms with Gasteiger partial charge >= 0.3 is 0 Å². The quantitative estimate of drug-likeness (QED) is 0.617. The van der Waals surface area contributed by atoms with Crippen molar-refractivity contribution in [2.75, 3.05) is 13.4 Å². The predicted molar refractivity (Wildman–Crippen MR) is 104 cm³/mol. The van der Waals surface area contributed by atoms with E-state index in [9.17, 15) is 0 Å². The van der Waals surface area contributed by atoms with Gasteiger partial charge in [0.25, 0.3) is 0 Å². The van der Waals surface area contributed by atoms with E-state index in [1.165, 1.54) is 33.2 Å². The summed E-state index contributed by atoms with van der Waals surface area (Å²) < 4.78 is 7.67. The molecule has 25 heavy (non-hydrogen) atoms. The van der Waals surface area contributed by atoms with Crippen LogP contribution in [0.1, 0.15) is 23.5 Å². The van der Waals surface area contributed by atoms with E-state index in [1.807, 2.05) is 12.1 Å². The highest BCUT2D eigenvalue weighted by Gasteiger charge is 2.22. The van der Waals surface area contributed by atoms with Gasteiger partial charge in [-0.2, -0.15) is 0 Å². The van der Waals surface area contributed by atoms with Crippen LogP contribution in [0, 0.1) is 6.92 Å². The van der Waals surface area contributed by atoms with Gasteiger partial charge in [0.1, 0.15) is 11.6 Å². The third-order valence-electron chi connectivity index (χ3n) is 4.86. The number of fused-ring (bicyclic) bond motifs is 3. The molecule has 0 bridgehead atoms. The Kier molecular flexibility index (Phi) is 4.30. The van der Waals surface area contributed by atoms with Gasteiger partial charge in [-0.3, -0.25) is 4.57 Å². The summed E-state index contributed by atoms with van der Waals surface area (Å²) >= 11 is 1.80. The summed E-state index contributed by atoms with van der Waals surface area (Å²) in [5.41, 5.74) is 6.15. The van der Waals surface area contributed by atoms with Gasteiger partial charge in [-0.1, -0.05) is 0 Å². The first-order valence-corrected chi connectivity index (χ1v) is 9.83. The smallest absolute Gasteiger partial charge is 0.118 e. The molecule has 4 heteroatoms. The molecule has 1 aliphatic rings. The van der Waals surface area contributed by atoms with Crippen LogP contribution in [0.25, 0.3) is 16.9 Å². The largest absolute Gasteiger partial charge is 0.497 e. The third-order valence-corrected chi connectivity index (χ3v) is 5.58. The number of rotatable bonds is 3.